The number of hydrogen-bond acceptors (Lipinski definition) is 4. The van der Waals surface area contributed by atoms with E-state index in [1.165, 1.54) is 16.5 Å². The number of ether oxygens (including phenoxy) is 2. The Morgan fingerprint density at radius 2 is 1.86 bits per heavy atom. The van der Waals surface area contributed by atoms with Gasteiger partial charge >= 0.3 is 0 Å². The Balaban J connectivity index is 1.53. The zero-order valence-corrected chi connectivity index (χ0v) is 16.7. The van der Waals surface area contributed by atoms with Gasteiger partial charge in [0.05, 0.1) is 18.2 Å². The molecule has 4 unspecified atom stereocenters. The van der Waals surface area contributed by atoms with Gasteiger partial charge in [0.25, 0.3) is 0 Å². The van der Waals surface area contributed by atoms with Crippen LogP contribution in [0.3, 0.4) is 0 Å². The van der Waals surface area contributed by atoms with Crippen LogP contribution in [0, 0.1) is 0 Å². The quantitative estimate of drug-likeness (QED) is 0.608. The van der Waals surface area contributed by atoms with Crippen molar-refractivity contribution in [1.82, 2.24) is 4.90 Å². The maximum atomic E-state index is 6.84. The van der Waals surface area contributed by atoms with Gasteiger partial charge in [-0.05, 0) is 43.0 Å². The molecule has 1 saturated heterocycles. The largest absolute Gasteiger partial charge is 0.464 e. The van der Waals surface area contributed by atoms with Gasteiger partial charge in [-0.1, -0.05) is 54.6 Å². The van der Waals surface area contributed by atoms with Gasteiger partial charge < -0.3 is 9.47 Å². The van der Waals surface area contributed by atoms with Crippen molar-refractivity contribution in [2.45, 2.75) is 37.1 Å². The van der Waals surface area contributed by atoms with Crippen molar-refractivity contribution in [3.8, 4) is 5.75 Å². The van der Waals surface area contributed by atoms with E-state index in [1.54, 1.807) is 0 Å². The molecule has 3 aromatic rings. The van der Waals surface area contributed by atoms with Crippen molar-refractivity contribution in [1.29, 1.82) is 0 Å². The van der Waals surface area contributed by atoms with Gasteiger partial charge in [0, 0.05) is 18.0 Å². The molecule has 1 fully saturated rings. The normalized spacial score (nSPS) is 29.7. The highest BCUT2D eigenvalue weighted by atomic mass is 16.5. The second kappa shape index (κ2) is 6.15. The summed E-state index contributed by atoms with van der Waals surface area (Å²) in [6.45, 7) is 2.77. The Bertz CT molecular complexity index is 1140. The summed E-state index contributed by atoms with van der Waals surface area (Å²) in [5, 5.41) is 2.31. The third-order valence-electron chi connectivity index (χ3n) is 6.88. The first-order valence-corrected chi connectivity index (χ1v) is 10.4. The van der Waals surface area contributed by atoms with Gasteiger partial charge in [0.2, 0.25) is 5.72 Å². The first-order chi connectivity index (χ1) is 14.2. The van der Waals surface area contributed by atoms with Gasteiger partial charge in [-0.25, -0.2) is 0 Å². The third kappa shape index (κ3) is 2.24. The lowest BCUT2D eigenvalue weighted by Crippen LogP contribution is -2.67. The molecule has 0 amide bonds. The summed E-state index contributed by atoms with van der Waals surface area (Å²) in [5.74, 6) is 0.926. The predicted molar refractivity (Wildman–Crippen MR) is 115 cm³/mol. The van der Waals surface area contributed by atoms with E-state index in [2.05, 4.69) is 79.5 Å². The Morgan fingerprint density at radius 1 is 1.07 bits per heavy atom. The van der Waals surface area contributed by atoms with Crippen LogP contribution >= 0.6 is 0 Å². The van der Waals surface area contributed by atoms with Gasteiger partial charge in [-0.2, -0.15) is 0 Å². The molecular weight excluding hydrogens is 360 g/mol. The first-order valence-electron chi connectivity index (χ1n) is 10.4. The van der Waals surface area contributed by atoms with Gasteiger partial charge in [-0.3, -0.25) is 9.89 Å². The van der Waals surface area contributed by atoms with Crippen LogP contribution in [0.15, 0.2) is 65.7 Å². The summed E-state index contributed by atoms with van der Waals surface area (Å²) in [5.41, 5.74) is 3.01. The Labute approximate surface area is 170 Å². The molecule has 4 aliphatic rings. The predicted octanol–water partition coefficient (Wildman–Crippen LogP) is 5.21. The molecule has 3 aromatic carbocycles. The Kier molecular flexibility index (Phi) is 3.65. The lowest BCUT2D eigenvalue weighted by molar-refractivity contribution is -0.153. The number of fused-ring (bicyclic) bond motifs is 4. The Morgan fingerprint density at radius 3 is 2.72 bits per heavy atom. The first kappa shape index (κ1) is 17.2. The van der Waals surface area contributed by atoms with Crippen molar-refractivity contribution in [3.05, 3.63) is 71.8 Å². The summed E-state index contributed by atoms with van der Waals surface area (Å²) in [6.07, 6.45) is 3.13. The Hall–Kier alpha value is -2.69. The average Bonchev–Trinajstić information content (AvgIpc) is 2.77. The highest BCUT2D eigenvalue weighted by molar-refractivity contribution is 5.98. The summed E-state index contributed by atoms with van der Waals surface area (Å²) in [7, 11) is 2.16. The summed E-state index contributed by atoms with van der Waals surface area (Å²) in [6, 6.07) is 21.5. The number of aliphatic imine (C=N–C) groups is 1. The van der Waals surface area contributed by atoms with Crippen molar-refractivity contribution in [2.75, 3.05) is 13.7 Å². The molecule has 3 aliphatic heterocycles. The van der Waals surface area contributed by atoms with Crippen LogP contribution in [0.5, 0.6) is 5.75 Å². The van der Waals surface area contributed by atoms with Crippen LogP contribution in [-0.4, -0.2) is 36.6 Å². The number of piperidine rings is 1. The van der Waals surface area contributed by atoms with Gasteiger partial charge in [-0.15, -0.1) is 0 Å². The molecule has 1 spiro atoms. The number of hydrogen-bond donors (Lipinski definition) is 0. The third-order valence-corrected chi connectivity index (χ3v) is 6.88. The van der Waals surface area contributed by atoms with E-state index in [4.69, 9.17) is 14.5 Å². The van der Waals surface area contributed by atoms with Gasteiger partial charge in [0.1, 0.15) is 11.4 Å². The minimum absolute atomic E-state index is 0.0806. The van der Waals surface area contributed by atoms with Crippen LogP contribution in [0.25, 0.3) is 10.8 Å². The molecule has 4 nitrogen and oxygen atoms in total. The fraction of sp³-hybridized carbons (Fsp3) is 0.320. The van der Waals surface area contributed by atoms with Crippen LogP contribution < -0.4 is 4.74 Å². The van der Waals surface area contributed by atoms with E-state index in [1.807, 2.05) is 6.21 Å². The fourth-order valence-corrected chi connectivity index (χ4v) is 5.60. The maximum absolute atomic E-state index is 6.84. The van der Waals surface area contributed by atoms with Crippen molar-refractivity contribution >= 4 is 22.7 Å². The fourth-order valence-electron chi connectivity index (χ4n) is 5.60. The van der Waals surface area contributed by atoms with E-state index >= 15 is 0 Å². The molecule has 7 rings (SSSR count). The summed E-state index contributed by atoms with van der Waals surface area (Å²) in [4.78, 5) is 7.35. The molecule has 0 N–H and O–H groups in total. The lowest BCUT2D eigenvalue weighted by Gasteiger charge is -2.59. The van der Waals surface area contributed by atoms with Crippen LogP contribution in [-0.2, 0) is 4.74 Å². The van der Waals surface area contributed by atoms with Crippen LogP contribution in [0.4, 0.5) is 5.69 Å². The topological polar surface area (TPSA) is 34.1 Å². The average molecular weight is 384 g/mol. The van der Waals surface area contributed by atoms with E-state index in [0.29, 0.717) is 6.61 Å². The van der Waals surface area contributed by atoms with Crippen molar-refractivity contribution in [3.63, 3.8) is 0 Å². The SMILES string of the molecule is CCOC1CC2c3ccccc3C1C1(C=Nc3c(ccc4ccccc34)O1)N2C. The van der Waals surface area contributed by atoms with Crippen molar-refractivity contribution < 1.29 is 9.47 Å². The number of rotatable bonds is 2. The second-order valence-corrected chi connectivity index (χ2v) is 8.21. The smallest absolute Gasteiger partial charge is 0.209 e. The lowest BCUT2D eigenvalue weighted by atomic mass is 9.67. The molecule has 1 aliphatic carbocycles. The van der Waals surface area contributed by atoms with E-state index in [-0.39, 0.29) is 18.1 Å². The highest BCUT2D eigenvalue weighted by Crippen LogP contribution is 2.57. The van der Waals surface area contributed by atoms with Crippen molar-refractivity contribution in [2.24, 2.45) is 4.99 Å². The molecule has 3 heterocycles. The minimum atomic E-state index is -0.632. The van der Waals surface area contributed by atoms with Gasteiger partial charge in [0.15, 0.2) is 0 Å². The molecule has 4 heteroatoms. The zero-order chi connectivity index (χ0) is 19.6. The molecular formula is C25H24N2O2. The minimum Gasteiger partial charge on any atom is -0.464 e. The molecule has 0 aromatic heterocycles. The van der Waals surface area contributed by atoms with E-state index in [9.17, 15) is 0 Å². The molecule has 29 heavy (non-hydrogen) atoms. The monoisotopic (exact) mass is 384 g/mol. The second-order valence-electron chi connectivity index (χ2n) is 8.21. The zero-order valence-electron chi connectivity index (χ0n) is 16.7. The number of likely N-dealkylation sites (N-methyl/N-ethyl adjacent to an activating group) is 1. The highest BCUT2D eigenvalue weighted by Gasteiger charge is 2.60. The van der Waals surface area contributed by atoms with Crippen LogP contribution in [0.2, 0.25) is 0 Å². The summed E-state index contributed by atoms with van der Waals surface area (Å²) >= 11 is 0. The van der Waals surface area contributed by atoms with Crippen LogP contribution in [0.1, 0.15) is 36.4 Å². The number of nitrogens with zero attached hydrogens (tertiary/aromatic N) is 2. The number of benzene rings is 3. The van der Waals surface area contributed by atoms with E-state index in [0.717, 1.165) is 23.2 Å². The van der Waals surface area contributed by atoms with E-state index < -0.39 is 5.72 Å². The molecule has 146 valence electrons. The maximum Gasteiger partial charge on any atom is 0.209 e. The molecule has 4 atom stereocenters. The summed E-state index contributed by atoms with van der Waals surface area (Å²) < 4.78 is 13.1. The molecule has 0 radical (unpaired) electrons. The molecule has 2 bridgehead atoms. The molecule has 0 saturated carbocycles. The standard InChI is InChI=1S/C25H24N2O2/c1-3-28-22-14-20-18-10-6-7-11-19(18)23(22)25(27(20)2)15-26-24-17-9-5-4-8-16(17)12-13-21(24)29-25/h4-13,15,20,22-23H,3,14H2,1-2H3.